The van der Waals surface area contributed by atoms with E-state index in [1.54, 1.807) is 56.3 Å². The van der Waals surface area contributed by atoms with Crippen LogP contribution in [-0.2, 0) is 21.0 Å². The Labute approximate surface area is 174 Å². The SMILES string of the molecule is CC1(C)OC[C@H](Cc2ccc(S(=O)(=O)c3ccnc4ccccc34)cc2)N1C(=O)O. The molecule has 8 heteroatoms. The molecular weight excluding hydrogens is 404 g/mol. The van der Waals surface area contributed by atoms with E-state index in [-0.39, 0.29) is 15.8 Å². The molecule has 1 saturated heterocycles. The van der Waals surface area contributed by atoms with Gasteiger partial charge in [0.2, 0.25) is 9.84 Å². The second kappa shape index (κ2) is 7.37. The second-order valence-electron chi connectivity index (χ2n) is 7.74. The molecule has 30 heavy (non-hydrogen) atoms. The van der Waals surface area contributed by atoms with Crippen LogP contribution in [0.4, 0.5) is 4.79 Å². The van der Waals surface area contributed by atoms with E-state index < -0.39 is 21.7 Å². The Kier molecular flexibility index (Phi) is 4.99. The van der Waals surface area contributed by atoms with Crippen molar-refractivity contribution >= 4 is 26.8 Å². The lowest BCUT2D eigenvalue weighted by Crippen LogP contribution is -2.47. The molecule has 156 valence electrons. The van der Waals surface area contributed by atoms with E-state index in [4.69, 9.17) is 4.74 Å². The van der Waals surface area contributed by atoms with Gasteiger partial charge in [-0.25, -0.2) is 13.2 Å². The Bertz CT molecular complexity index is 1200. The Morgan fingerprint density at radius 1 is 1.17 bits per heavy atom. The van der Waals surface area contributed by atoms with Crippen LogP contribution in [0.2, 0.25) is 0 Å². The number of ether oxygens (including phenoxy) is 1. The van der Waals surface area contributed by atoms with Gasteiger partial charge in [0.25, 0.3) is 0 Å². The lowest BCUT2D eigenvalue weighted by molar-refractivity contribution is -0.0419. The minimum Gasteiger partial charge on any atom is -0.465 e. The van der Waals surface area contributed by atoms with E-state index >= 15 is 0 Å². The van der Waals surface area contributed by atoms with Crippen molar-refractivity contribution in [2.75, 3.05) is 6.61 Å². The van der Waals surface area contributed by atoms with Crippen LogP contribution in [0.15, 0.2) is 70.6 Å². The van der Waals surface area contributed by atoms with Crippen LogP contribution >= 0.6 is 0 Å². The molecule has 1 amide bonds. The molecule has 3 aromatic rings. The topological polar surface area (TPSA) is 96.8 Å². The summed E-state index contributed by atoms with van der Waals surface area (Å²) in [6, 6.07) is 14.9. The normalized spacial score (nSPS) is 18.6. The van der Waals surface area contributed by atoms with Gasteiger partial charge < -0.3 is 9.84 Å². The van der Waals surface area contributed by atoms with Crippen molar-refractivity contribution in [1.82, 2.24) is 9.88 Å². The maximum absolute atomic E-state index is 13.2. The summed E-state index contributed by atoms with van der Waals surface area (Å²) in [4.78, 5) is 17.6. The van der Waals surface area contributed by atoms with Gasteiger partial charge in [-0.1, -0.05) is 30.3 Å². The third-order valence-corrected chi connectivity index (χ3v) is 7.21. The van der Waals surface area contributed by atoms with E-state index in [0.29, 0.717) is 23.9 Å². The number of para-hydroxylation sites is 1. The highest BCUT2D eigenvalue weighted by atomic mass is 32.2. The molecule has 1 aromatic heterocycles. The number of rotatable bonds is 4. The molecule has 1 aliphatic heterocycles. The molecule has 2 heterocycles. The maximum atomic E-state index is 13.2. The molecule has 7 nitrogen and oxygen atoms in total. The van der Waals surface area contributed by atoms with Crippen LogP contribution < -0.4 is 0 Å². The van der Waals surface area contributed by atoms with E-state index in [9.17, 15) is 18.3 Å². The molecule has 0 aliphatic carbocycles. The highest BCUT2D eigenvalue weighted by molar-refractivity contribution is 7.91. The lowest BCUT2D eigenvalue weighted by Gasteiger charge is -2.31. The first kappa shape index (κ1) is 20.3. The first-order valence-electron chi connectivity index (χ1n) is 9.54. The van der Waals surface area contributed by atoms with E-state index in [0.717, 1.165) is 5.56 Å². The maximum Gasteiger partial charge on any atom is 0.409 e. The van der Waals surface area contributed by atoms with E-state index in [1.807, 2.05) is 6.07 Å². The summed E-state index contributed by atoms with van der Waals surface area (Å²) in [5.41, 5.74) is 0.571. The second-order valence-corrected chi connectivity index (χ2v) is 9.66. The number of amides is 1. The number of fused-ring (bicyclic) bond motifs is 1. The first-order valence-corrected chi connectivity index (χ1v) is 11.0. The lowest BCUT2D eigenvalue weighted by atomic mass is 10.1. The average Bonchev–Trinajstić information content (AvgIpc) is 3.02. The average molecular weight is 426 g/mol. The van der Waals surface area contributed by atoms with Gasteiger partial charge in [-0.3, -0.25) is 9.88 Å². The van der Waals surface area contributed by atoms with Gasteiger partial charge in [-0.15, -0.1) is 0 Å². The number of carboxylic acid groups (broad SMARTS) is 1. The fourth-order valence-electron chi connectivity index (χ4n) is 3.93. The van der Waals surface area contributed by atoms with Crippen LogP contribution in [0, 0.1) is 0 Å². The van der Waals surface area contributed by atoms with Crippen LogP contribution in [0.1, 0.15) is 19.4 Å². The van der Waals surface area contributed by atoms with Gasteiger partial charge in [0.1, 0.15) is 5.72 Å². The van der Waals surface area contributed by atoms with Crippen molar-refractivity contribution in [3.63, 3.8) is 0 Å². The van der Waals surface area contributed by atoms with Gasteiger partial charge in [-0.05, 0) is 50.1 Å². The fraction of sp³-hybridized carbons (Fsp3) is 0.273. The third kappa shape index (κ3) is 3.53. The van der Waals surface area contributed by atoms with Crippen molar-refractivity contribution < 1.29 is 23.1 Å². The number of hydrogen-bond acceptors (Lipinski definition) is 5. The van der Waals surface area contributed by atoms with E-state index in [1.165, 1.54) is 17.2 Å². The number of sulfone groups is 1. The predicted molar refractivity (Wildman–Crippen MR) is 111 cm³/mol. The van der Waals surface area contributed by atoms with Gasteiger partial charge in [0, 0.05) is 11.6 Å². The summed E-state index contributed by atoms with van der Waals surface area (Å²) in [5.74, 6) is 0. The minimum absolute atomic E-state index is 0.181. The number of pyridine rings is 1. The Morgan fingerprint density at radius 2 is 1.87 bits per heavy atom. The summed E-state index contributed by atoms with van der Waals surface area (Å²) in [6.07, 6.45) is 0.895. The van der Waals surface area contributed by atoms with Gasteiger partial charge in [-0.2, -0.15) is 0 Å². The smallest absolute Gasteiger partial charge is 0.409 e. The molecule has 1 fully saturated rings. The van der Waals surface area contributed by atoms with Crippen LogP contribution in [0.25, 0.3) is 10.9 Å². The van der Waals surface area contributed by atoms with Crippen molar-refractivity contribution in [3.8, 4) is 0 Å². The molecule has 1 N–H and O–H groups in total. The number of nitrogens with zero attached hydrogens (tertiary/aromatic N) is 2. The monoisotopic (exact) mass is 426 g/mol. The van der Waals surface area contributed by atoms with Gasteiger partial charge in [0.05, 0.1) is 28.0 Å². The van der Waals surface area contributed by atoms with Crippen molar-refractivity contribution in [2.45, 2.75) is 41.8 Å². The highest BCUT2D eigenvalue weighted by Gasteiger charge is 2.43. The Hall–Kier alpha value is -2.97. The van der Waals surface area contributed by atoms with Crippen LogP contribution in [0.3, 0.4) is 0 Å². The zero-order chi connectivity index (χ0) is 21.5. The predicted octanol–water partition coefficient (Wildman–Crippen LogP) is 3.73. The van der Waals surface area contributed by atoms with Gasteiger partial charge >= 0.3 is 6.09 Å². The quantitative estimate of drug-likeness (QED) is 0.683. The third-order valence-electron chi connectivity index (χ3n) is 5.38. The van der Waals surface area contributed by atoms with E-state index in [2.05, 4.69) is 4.98 Å². The fourth-order valence-corrected chi connectivity index (χ4v) is 5.38. The molecule has 0 saturated carbocycles. The largest absolute Gasteiger partial charge is 0.465 e. The number of benzene rings is 2. The summed E-state index contributed by atoms with van der Waals surface area (Å²) < 4.78 is 32.0. The number of carbonyl (C=O) groups is 1. The molecular formula is C22H22N2O5S. The van der Waals surface area contributed by atoms with Crippen molar-refractivity contribution in [3.05, 3.63) is 66.4 Å². The molecule has 4 rings (SSSR count). The first-order chi connectivity index (χ1) is 14.2. The standard InChI is InChI=1S/C22H22N2O5S/c1-22(2)24(21(25)26)16(14-29-22)13-15-7-9-17(10-8-15)30(27,28)20-11-12-23-19-6-4-3-5-18(19)20/h3-12,16H,13-14H2,1-2H3,(H,25,26)/t16-/m0/s1. The zero-order valence-electron chi connectivity index (χ0n) is 16.6. The molecule has 0 bridgehead atoms. The molecule has 0 spiro atoms. The molecule has 0 radical (unpaired) electrons. The summed E-state index contributed by atoms with van der Waals surface area (Å²) in [5, 5.41) is 10.1. The zero-order valence-corrected chi connectivity index (χ0v) is 17.5. The summed E-state index contributed by atoms with van der Waals surface area (Å²) in [7, 11) is -3.72. The van der Waals surface area contributed by atoms with Crippen molar-refractivity contribution in [2.24, 2.45) is 0 Å². The molecule has 1 atom stereocenters. The molecule has 1 aliphatic rings. The summed E-state index contributed by atoms with van der Waals surface area (Å²) in [6.45, 7) is 3.73. The number of aromatic nitrogens is 1. The molecule has 2 aromatic carbocycles. The minimum atomic E-state index is -3.72. The Morgan fingerprint density at radius 3 is 2.57 bits per heavy atom. The molecule has 0 unspecified atom stereocenters. The van der Waals surface area contributed by atoms with Crippen molar-refractivity contribution in [1.29, 1.82) is 0 Å². The summed E-state index contributed by atoms with van der Waals surface area (Å²) >= 11 is 0. The Balaban J connectivity index is 1.61. The van der Waals surface area contributed by atoms with Crippen LogP contribution in [-0.4, -0.2) is 47.9 Å². The number of hydrogen-bond donors (Lipinski definition) is 1. The van der Waals surface area contributed by atoms with Gasteiger partial charge in [0.15, 0.2) is 0 Å². The highest BCUT2D eigenvalue weighted by Crippen LogP contribution is 2.30. The van der Waals surface area contributed by atoms with Crippen LogP contribution in [0.5, 0.6) is 0 Å².